The maximum Gasteiger partial charge on any atom is 0.306 e. The first-order chi connectivity index (χ1) is 11.2. The van der Waals surface area contributed by atoms with E-state index in [0.717, 1.165) is 11.4 Å². The van der Waals surface area contributed by atoms with Crippen molar-refractivity contribution in [3.63, 3.8) is 0 Å². The molecule has 122 valence electrons. The van der Waals surface area contributed by atoms with Crippen LogP contribution in [0.5, 0.6) is 0 Å². The zero-order valence-electron chi connectivity index (χ0n) is 12.8. The molecule has 0 unspecified atom stereocenters. The molecule has 1 N–H and O–H groups in total. The summed E-state index contributed by atoms with van der Waals surface area (Å²) in [5, 5.41) is 12.9. The minimum Gasteiger partial charge on any atom is -0.481 e. The van der Waals surface area contributed by atoms with E-state index in [1.54, 1.807) is 19.4 Å². The average molecular weight is 318 g/mol. The van der Waals surface area contributed by atoms with E-state index in [0.29, 0.717) is 44.3 Å². The number of hydrogen-bond donors (Lipinski definition) is 1. The zero-order chi connectivity index (χ0) is 16.2. The summed E-state index contributed by atoms with van der Waals surface area (Å²) in [5.41, 5.74) is 0.783. The molecule has 0 amide bonds. The Hall–Kier alpha value is -2.48. The molecule has 0 spiro atoms. The molecule has 0 saturated carbocycles. The molecule has 0 radical (unpaired) electrons. The molecule has 0 aromatic carbocycles. The normalized spacial score (nSPS) is 15.8. The van der Waals surface area contributed by atoms with Gasteiger partial charge in [-0.2, -0.15) is 4.98 Å². The number of pyridine rings is 1. The molecule has 8 nitrogen and oxygen atoms in total. The average Bonchev–Trinajstić information content (AvgIpc) is 3.04. The summed E-state index contributed by atoms with van der Waals surface area (Å²) in [4.78, 5) is 21.7. The summed E-state index contributed by atoms with van der Waals surface area (Å²) in [5.74, 6) is 0.715. The summed E-state index contributed by atoms with van der Waals surface area (Å²) in [7, 11) is 1.57. The first-order valence-electron chi connectivity index (χ1n) is 7.43. The standard InChI is InChI=1S/C15H18N4O4/c1-22-9-12-17-14(23-18-12)11-2-5-16-13(8-11)19-6-3-10(4-7-19)15(20)21/h2,5,8,10H,3-4,6-7,9H2,1H3,(H,20,21). The summed E-state index contributed by atoms with van der Waals surface area (Å²) in [6.07, 6.45) is 2.94. The lowest BCUT2D eigenvalue weighted by atomic mass is 9.97. The molecule has 1 aliphatic rings. The number of methoxy groups -OCH3 is 1. The van der Waals surface area contributed by atoms with Crippen LogP contribution in [0.25, 0.3) is 11.5 Å². The van der Waals surface area contributed by atoms with Crippen molar-refractivity contribution in [1.82, 2.24) is 15.1 Å². The monoisotopic (exact) mass is 318 g/mol. The van der Waals surface area contributed by atoms with Gasteiger partial charge in [-0.25, -0.2) is 4.98 Å². The smallest absolute Gasteiger partial charge is 0.306 e. The van der Waals surface area contributed by atoms with Gasteiger partial charge >= 0.3 is 5.97 Å². The van der Waals surface area contributed by atoms with E-state index in [4.69, 9.17) is 14.4 Å². The summed E-state index contributed by atoms with van der Waals surface area (Å²) in [6.45, 7) is 1.64. The second kappa shape index (κ2) is 6.74. The summed E-state index contributed by atoms with van der Waals surface area (Å²) >= 11 is 0. The van der Waals surface area contributed by atoms with Crippen molar-refractivity contribution < 1.29 is 19.2 Å². The van der Waals surface area contributed by atoms with Crippen molar-refractivity contribution in [3.05, 3.63) is 24.2 Å². The fourth-order valence-electron chi connectivity index (χ4n) is 2.64. The Kier molecular flexibility index (Phi) is 4.52. The molecule has 1 saturated heterocycles. The van der Waals surface area contributed by atoms with Gasteiger partial charge in [0.05, 0.1) is 5.92 Å². The van der Waals surface area contributed by atoms with E-state index in [9.17, 15) is 4.79 Å². The third kappa shape index (κ3) is 3.48. The molecule has 2 aromatic rings. The van der Waals surface area contributed by atoms with Crippen LogP contribution < -0.4 is 4.90 Å². The molecule has 0 atom stereocenters. The van der Waals surface area contributed by atoms with Gasteiger partial charge in [0.15, 0.2) is 5.82 Å². The van der Waals surface area contributed by atoms with E-state index in [1.807, 2.05) is 6.07 Å². The highest BCUT2D eigenvalue weighted by atomic mass is 16.5. The van der Waals surface area contributed by atoms with E-state index >= 15 is 0 Å². The van der Waals surface area contributed by atoms with E-state index in [1.165, 1.54) is 0 Å². The van der Waals surface area contributed by atoms with Gasteiger partial charge in [-0.1, -0.05) is 5.16 Å². The zero-order valence-corrected chi connectivity index (χ0v) is 12.8. The quantitative estimate of drug-likeness (QED) is 0.886. The number of carboxylic acid groups (broad SMARTS) is 1. The lowest BCUT2D eigenvalue weighted by Crippen LogP contribution is -2.36. The van der Waals surface area contributed by atoms with Gasteiger partial charge in [0.1, 0.15) is 12.4 Å². The maximum absolute atomic E-state index is 11.0. The molecule has 8 heteroatoms. The van der Waals surface area contributed by atoms with Gasteiger partial charge < -0.3 is 19.3 Å². The predicted molar refractivity (Wildman–Crippen MR) is 80.8 cm³/mol. The van der Waals surface area contributed by atoms with Crippen LogP contribution in [0.15, 0.2) is 22.9 Å². The Morgan fingerprint density at radius 3 is 2.96 bits per heavy atom. The molecular weight excluding hydrogens is 300 g/mol. The van der Waals surface area contributed by atoms with Crippen molar-refractivity contribution in [2.24, 2.45) is 5.92 Å². The van der Waals surface area contributed by atoms with Gasteiger partial charge in [-0.05, 0) is 25.0 Å². The Balaban J connectivity index is 1.73. The van der Waals surface area contributed by atoms with Crippen LogP contribution in [-0.4, -0.2) is 46.4 Å². The number of anilines is 1. The largest absolute Gasteiger partial charge is 0.481 e. The second-order valence-corrected chi connectivity index (χ2v) is 5.45. The number of aliphatic carboxylic acids is 1. The van der Waals surface area contributed by atoms with E-state index in [-0.39, 0.29) is 5.92 Å². The summed E-state index contributed by atoms with van der Waals surface area (Å²) < 4.78 is 10.2. The first-order valence-corrected chi connectivity index (χ1v) is 7.43. The van der Waals surface area contributed by atoms with Gasteiger partial charge in [-0.15, -0.1) is 0 Å². The van der Waals surface area contributed by atoms with Crippen LogP contribution in [-0.2, 0) is 16.1 Å². The molecule has 1 aliphatic heterocycles. The van der Waals surface area contributed by atoms with Crippen molar-refractivity contribution in [2.45, 2.75) is 19.4 Å². The lowest BCUT2D eigenvalue weighted by molar-refractivity contribution is -0.142. The lowest BCUT2D eigenvalue weighted by Gasteiger charge is -2.31. The number of ether oxygens (including phenoxy) is 1. The van der Waals surface area contributed by atoms with Crippen molar-refractivity contribution in [3.8, 4) is 11.5 Å². The fraction of sp³-hybridized carbons (Fsp3) is 0.467. The van der Waals surface area contributed by atoms with Crippen molar-refractivity contribution in [2.75, 3.05) is 25.1 Å². The van der Waals surface area contributed by atoms with Gasteiger partial charge in [-0.3, -0.25) is 4.79 Å². The number of aromatic nitrogens is 3. The number of piperidine rings is 1. The van der Waals surface area contributed by atoms with Crippen LogP contribution in [0, 0.1) is 5.92 Å². The van der Waals surface area contributed by atoms with Crippen LogP contribution >= 0.6 is 0 Å². The minimum atomic E-state index is -0.720. The maximum atomic E-state index is 11.0. The highest BCUT2D eigenvalue weighted by Gasteiger charge is 2.25. The Labute approximate surface area is 133 Å². The third-order valence-electron chi connectivity index (χ3n) is 3.90. The minimum absolute atomic E-state index is 0.262. The molecule has 3 heterocycles. The molecular formula is C15H18N4O4. The van der Waals surface area contributed by atoms with Gasteiger partial charge in [0.25, 0.3) is 5.89 Å². The molecule has 3 rings (SSSR count). The molecule has 0 aliphatic carbocycles. The first kappa shape index (κ1) is 15.4. The molecule has 23 heavy (non-hydrogen) atoms. The van der Waals surface area contributed by atoms with Crippen LogP contribution in [0.1, 0.15) is 18.7 Å². The second-order valence-electron chi connectivity index (χ2n) is 5.45. The van der Waals surface area contributed by atoms with Gasteiger partial charge in [0, 0.05) is 32.0 Å². The Morgan fingerprint density at radius 1 is 1.48 bits per heavy atom. The number of nitrogens with zero attached hydrogens (tertiary/aromatic N) is 4. The number of rotatable bonds is 5. The summed E-state index contributed by atoms with van der Waals surface area (Å²) in [6, 6.07) is 3.68. The van der Waals surface area contributed by atoms with Gasteiger partial charge in [0.2, 0.25) is 0 Å². The number of carbonyl (C=O) groups is 1. The highest BCUT2D eigenvalue weighted by molar-refractivity contribution is 5.70. The highest BCUT2D eigenvalue weighted by Crippen LogP contribution is 2.25. The molecule has 1 fully saturated rings. The topological polar surface area (TPSA) is 102 Å². The molecule has 0 bridgehead atoms. The van der Waals surface area contributed by atoms with Crippen molar-refractivity contribution in [1.29, 1.82) is 0 Å². The predicted octanol–water partition coefficient (Wildman–Crippen LogP) is 1.58. The molecule has 2 aromatic heterocycles. The number of hydrogen-bond acceptors (Lipinski definition) is 7. The fourth-order valence-corrected chi connectivity index (χ4v) is 2.64. The van der Waals surface area contributed by atoms with E-state index in [2.05, 4.69) is 20.0 Å². The Morgan fingerprint density at radius 2 is 2.26 bits per heavy atom. The Bertz CT molecular complexity index is 680. The van der Waals surface area contributed by atoms with Crippen LogP contribution in [0.3, 0.4) is 0 Å². The van der Waals surface area contributed by atoms with Crippen LogP contribution in [0.2, 0.25) is 0 Å². The van der Waals surface area contributed by atoms with Crippen molar-refractivity contribution >= 4 is 11.8 Å². The van der Waals surface area contributed by atoms with E-state index < -0.39 is 5.97 Å². The van der Waals surface area contributed by atoms with Crippen LogP contribution in [0.4, 0.5) is 5.82 Å². The third-order valence-corrected chi connectivity index (χ3v) is 3.90. The number of carboxylic acids is 1. The SMILES string of the molecule is COCc1noc(-c2ccnc(N3CCC(C(=O)O)CC3)c2)n1.